The van der Waals surface area contributed by atoms with Crippen molar-refractivity contribution in [3.63, 3.8) is 0 Å². The van der Waals surface area contributed by atoms with E-state index in [0.717, 1.165) is 46.3 Å². The molecular formula is C25H28BrN5O2S. The normalized spacial score (nSPS) is 13.9. The average Bonchev–Trinajstić information content (AvgIpc) is 3.31. The first kappa shape index (κ1) is 24.3. The van der Waals surface area contributed by atoms with E-state index < -0.39 is 0 Å². The van der Waals surface area contributed by atoms with Crippen LogP contribution in [0, 0.1) is 0 Å². The van der Waals surface area contributed by atoms with E-state index in [1.165, 1.54) is 17.8 Å². The Labute approximate surface area is 212 Å². The Morgan fingerprint density at radius 1 is 1.00 bits per heavy atom. The van der Waals surface area contributed by atoms with Gasteiger partial charge in [0.15, 0.2) is 0 Å². The zero-order valence-electron chi connectivity index (χ0n) is 18.9. The minimum atomic E-state index is -0.193. The number of aromatic nitrogens is 2. The number of rotatable bonds is 8. The average molecular weight is 543 g/mol. The van der Waals surface area contributed by atoms with E-state index in [1.807, 2.05) is 54.6 Å². The van der Waals surface area contributed by atoms with Crippen molar-refractivity contribution >= 4 is 44.3 Å². The number of nitrogens with zero attached hydrogens (tertiary/aromatic N) is 3. The molecule has 1 aliphatic rings. The molecule has 0 radical (unpaired) electrons. The molecule has 178 valence electrons. The van der Waals surface area contributed by atoms with E-state index in [4.69, 9.17) is 0 Å². The van der Waals surface area contributed by atoms with Gasteiger partial charge < -0.3 is 15.5 Å². The zero-order valence-corrected chi connectivity index (χ0v) is 21.3. The summed E-state index contributed by atoms with van der Waals surface area (Å²) < 4.78 is 0.988. The van der Waals surface area contributed by atoms with E-state index in [1.54, 1.807) is 4.90 Å². The number of hydrogen-bond donors (Lipinski definition) is 2. The van der Waals surface area contributed by atoms with Crippen molar-refractivity contribution in [1.82, 2.24) is 20.4 Å². The van der Waals surface area contributed by atoms with Gasteiger partial charge in [-0.2, -0.15) is 0 Å². The van der Waals surface area contributed by atoms with Crippen LogP contribution >= 0.6 is 27.3 Å². The van der Waals surface area contributed by atoms with Gasteiger partial charge in [0, 0.05) is 35.6 Å². The molecule has 0 saturated heterocycles. The second-order valence-corrected chi connectivity index (χ2v) is 10.3. The third-order valence-corrected chi connectivity index (χ3v) is 7.22. The van der Waals surface area contributed by atoms with Crippen molar-refractivity contribution in [2.45, 2.75) is 51.1 Å². The molecule has 0 atom stereocenters. The van der Waals surface area contributed by atoms with Crippen molar-refractivity contribution in [2.75, 3.05) is 11.9 Å². The Bertz CT molecular complexity index is 1080. The number of carbonyl (C=O) groups is 2. The van der Waals surface area contributed by atoms with Gasteiger partial charge in [-0.1, -0.05) is 89.0 Å². The molecule has 0 unspecified atom stereocenters. The molecule has 4 rings (SSSR count). The van der Waals surface area contributed by atoms with Gasteiger partial charge in [-0.15, -0.1) is 10.2 Å². The molecule has 2 N–H and O–H groups in total. The number of hydrogen-bond acceptors (Lipinski definition) is 5. The number of benzene rings is 2. The van der Waals surface area contributed by atoms with Gasteiger partial charge in [0.25, 0.3) is 0 Å². The van der Waals surface area contributed by atoms with E-state index >= 15 is 0 Å². The monoisotopic (exact) mass is 541 g/mol. The molecule has 0 spiro atoms. The van der Waals surface area contributed by atoms with Crippen LogP contribution in [-0.2, 0) is 11.3 Å². The Balaban J connectivity index is 1.34. The van der Waals surface area contributed by atoms with Crippen LogP contribution in [0.5, 0.6) is 0 Å². The third-order valence-electron chi connectivity index (χ3n) is 5.81. The van der Waals surface area contributed by atoms with Crippen molar-refractivity contribution in [3.8, 4) is 10.6 Å². The fraction of sp³-hybridized carbons (Fsp3) is 0.360. The maximum absolute atomic E-state index is 13.0. The quantitative estimate of drug-likeness (QED) is 0.375. The molecular weight excluding hydrogens is 514 g/mol. The molecule has 1 heterocycles. The lowest BCUT2D eigenvalue weighted by Crippen LogP contribution is -2.46. The first-order valence-corrected chi connectivity index (χ1v) is 13.2. The molecule has 1 saturated carbocycles. The second-order valence-electron chi connectivity index (χ2n) is 8.41. The summed E-state index contributed by atoms with van der Waals surface area (Å²) in [7, 11) is 0. The Morgan fingerprint density at radius 2 is 1.74 bits per heavy atom. The predicted molar refractivity (Wildman–Crippen MR) is 139 cm³/mol. The first-order valence-electron chi connectivity index (χ1n) is 11.6. The Kier molecular flexibility index (Phi) is 8.65. The molecule has 9 heteroatoms. The number of halogens is 1. The lowest BCUT2D eigenvalue weighted by Gasteiger charge is -2.28. The zero-order chi connectivity index (χ0) is 23.8. The van der Waals surface area contributed by atoms with Crippen LogP contribution in [0.1, 0.15) is 44.1 Å². The number of nitrogens with one attached hydrogen (secondary N) is 2. The summed E-state index contributed by atoms with van der Waals surface area (Å²) in [6.45, 7) is 0.775. The number of urea groups is 1. The largest absolute Gasteiger partial charge is 0.335 e. The minimum Gasteiger partial charge on any atom is -0.335 e. The second kappa shape index (κ2) is 12.1. The molecule has 7 nitrogen and oxygen atoms in total. The van der Waals surface area contributed by atoms with Crippen LogP contribution in [-0.4, -0.2) is 39.6 Å². The molecule has 1 aromatic heterocycles. The van der Waals surface area contributed by atoms with Gasteiger partial charge in [0.1, 0.15) is 5.01 Å². The maximum atomic E-state index is 13.0. The fourth-order valence-corrected chi connectivity index (χ4v) is 5.00. The maximum Gasteiger partial charge on any atom is 0.317 e. The Morgan fingerprint density at radius 3 is 2.47 bits per heavy atom. The van der Waals surface area contributed by atoms with Crippen molar-refractivity contribution in [2.24, 2.45) is 0 Å². The van der Waals surface area contributed by atoms with E-state index in [-0.39, 0.29) is 24.4 Å². The summed E-state index contributed by atoms with van der Waals surface area (Å²) in [4.78, 5) is 27.4. The van der Waals surface area contributed by atoms with E-state index in [2.05, 4.69) is 36.8 Å². The van der Waals surface area contributed by atoms with Crippen LogP contribution in [0.4, 0.5) is 9.93 Å². The van der Waals surface area contributed by atoms with Gasteiger partial charge in [-0.05, 0) is 30.5 Å². The lowest BCUT2D eigenvalue weighted by molar-refractivity contribution is -0.116. The van der Waals surface area contributed by atoms with Crippen LogP contribution in [0.2, 0.25) is 0 Å². The molecule has 34 heavy (non-hydrogen) atoms. The first-order chi connectivity index (χ1) is 16.6. The highest BCUT2D eigenvalue weighted by molar-refractivity contribution is 9.10. The fourth-order valence-electron chi connectivity index (χ4n) is 3.97. The van der Waals surface area contributed by atoms with E-state index in [9.17, 15) is 9.59 Å². The Hall–Kier alpha value is -2.78. The molecule has 1 fully saturated rings. The van der Waals surface area contributed by atoms with Crippen molar-refractivity contribution < 1.29 is 9.59 Å². The number of anilines is 1. The summed E-state index contributed by atoms with van der Waals surface area (Å²) in [5.41, 5.74) is 1.97. The lowest BCUT2D eigenvalue weighted by atomic mass is 9.96. The minimum absolute atomic E-state index is 0.114. The molecule has 3 amide bonds. The summed E-state index contributed by atoms with van der Waals surface area (Å²) in [5.74, 6) is -0.193. The third kappa shape index (κ3) is 7.11. The van der Waals surface area contributed by atoms with Crippen molar-refractivity contribution in [3.05, 3.63) is 64.6 Å². The van der Waals surface area contributed by atoms with Gasteiger partial charge >= 0.3 is 6.03 Å². The number of amides is 3. The van der Waals surface area contributed by atoms with Crippen LogP contribution < -0.4 is 10.6 Å². The van der Waals surface area contributed by atoms with Gasteiger partial charge in [0.05, 0.1) is 0 Å². The molecule has 3 aromatic rings. The van der Waals surface area contributed by atoms with Gasteiger partial charge in [0.2, 0.25) is 11.0 Å². The molecule has 0 aliphatic heterocycles. The van der Waals surface area contributed by atoms with Crippen molar-refractivity contribution in [1.29, 1.82) is 0 Å². The molecule has 2 aromatic carbocycles. The van der Waals surface area contributed by atoms with Crippen LogP contribution in [0.3, 0.4) is 0 Å². The van der Waals surface area contributed by atoms with Crippen LogP contribution in [0.25, 0.3) is 10.6 Å². The van der Waals surface area contributed by atoms with E-state index in [0.29, 0.717) is 18.2 Å². The summed E-state index contributed by atoms with van der Waals surface area (Å²) in [5, 5.41) is 15.4. The smallest absolute Gasteiger partial charge is 0.317 e. The van der Waals surface area contributed by atoms with Gasteiger partial charge in [-0.3, -0.25) is 4.79 Å². The SMILES string of the molecule is O=C(CCN(Cc1ccccc1)C(=O)NC1CCCCC1)Nc1nnc(-c2ccc(Br)cc2)s1. The highest BCUT2D eigenvalue weighted by Crippen LogP contribution is 2.27. The van der Waals surface area contributed by atoms with Gasteiger partial charge in [-0.25, -0.2) is 4.79 Å². The van der Waals surface area contributed by atoms with Crippen LogP contribution in [0.15, 0.2) is 59.1 Å². The topological polar surface area (TPSA) is 87.2 Å². The molecule has 0 bridgehead atoms. The highest BCUT2D eigenvalue weighted by Gasteiger charge is 2.21. The summed E-state index contributed by atoms with van der Waals surface area (Å²) in [6.07, 6.45) is 5.74. The predicted octanol–water partition coefficient (Wildman–Crippen LogP) is 5.84. The number of carbonyl (C=O) groups excluding carboxylic acids is 2. The highest BCUT2D eigenvalue weighted by atomic mass is 79.9. The standard InChI is InChI=1S/C25H28BrN5O2S/c26-20-13-11-19(12-14-20)23-29-30-24(34-23)28-22(32)15-16-31(17-18-7-3-1-4-8-18)25(33)27-21-9-5-2-6-10-21/h1,3-4,7-8,11-14,21H,2,5-6,9-10,15-17H2,(H,27,33)(H,28,30,32). The molecule has 1 aliphatic carbocycles. The summed E-state index contributed by atoms with van der Waals surface area (Å²) in [6, 6.07) is 17.7. The summed E-state index contributed by atoms with van der Waals surface area (Å²) >= 11 is 4.75.